The van der Waals surface area contributed by atoms with Gasteiger partial charge in [-0.05, 0) is 35.9 Å². The summed E-state index contributed by atoms with van der Waals surface area (Å²) in [6.07, 6.45) is -0.406. The van der Waals surface area contributed by atoms with E-state index in [4.69, 9.17) is 23.2 Å². The van der Waals surface area contributed by atoms with Gasteiger partial charge in [0.2, 0.25) is 5.88 Å². The SMILES string of the molecule is O=C(O)CC(NC(=O)c1cc(O)n(-c2ccccc2)n1)c1cc(Cl)ccc1Cl. The molecule has 0 fully saturated rings. The first kappa shape index (κ1) is 19.7. The molecule has 3 N–H and O–H groups in total. The van der Waals surface area contributed by atoms with Crippen molar-refractivity contribution in [2.75, 3.05) is 0 Å². The molecule has 1 atom stereocenters. The van der Waals surface area contributed by atoms with Gasteiger partial charge < -0.3 is 15.5 Å². The zero-order valence-corrected chi connectivity index (χ0v) is 15.9. The average molecular weight is 420 g/mol. The summed E-state index contributed by atoms with van der Waals surface area (Å²) in [5.41, 5.74) is 0.866. The van der Waals surface area contributed by atoms with Crippen LogP contribution < -0.4 is 5.32 Å². The lowest BCUT2D eigenvalue weighted by molar-refractivity contribution is -0.137. The minimum Gasteiger partial charge on any atom is -0.493 e. The molecule has 2 aromatic carbocycles. The lowest BCUT2D eigenvalue weighted by Gasteiger charge is -2.18. The van der Waals surface area contributed by atoms with Crippen LogP contribution in [0.4, 0.5) is 0 Å². The van der Waals surface area contributed by atoms with Crippen molar-refractivity contribution in [3.63, 3.8) is 0 Å². The quantitative estimate of drug-likeness (QED) is 0.562. The fraction of sp³-hybridized carbons (Fsp3) is 0.105. The fourth-order valence-corrected chi connectivity index (χ4v) is 3.10. The molecule has 1 heterocycles. The van der Waals surface area contributed by atoms with E-state index in [-0.39, 0.29) is 16.6 Å². The van der Waals surface area contributed by atoms with E-state index in [0.717, 1.165) is 0 Å². The normalized spacial score (nSPS) is 11.8. The fourth-order valence-electron chi connectivity index (χ4n) is 2.67. The number of aliphatic carboxylic acids is 1. The summed E-state index contributed by atoms with van der Waals surface area (Å²) in [5.74, 6) is -2.02. The van der Waals surface area contributed by atoms with Crippen LogP contribution in [0.3, 0.4) is 0 Å². The monoisotopic (exact) mass is 419 g/mol. The number of carbonyl (C=O) groups is 2. The third-order valence-electron chi connectivity index (χ3n) is 3.94. The average Bonchev–Trinajstić information content (AvgIpc) is 3.05. The molecule has 0 aliphatic carbocycles. The summed E-state index contributed by atoms with van der Waals surface area (Å²) in [7, 11) is 0. The molecule has 1 aromatic heterocycles. The topological polar surface area (TPSA) is 104 Å². The number of carboxylic acids is 1. The first-order valence-corrected chi connectivity index (χ1v) is 8.93. The predicted octanol–water partition coefficient (Wildman–Crippen LogP) is 3.83. The van der Waals surface area contributed by atoms with E-state index in [9.17, 15) is 19.8 Å². The lowest BCUT2D eigenvalue weighted by Crippen LogP contribution is -2.30. The van der Waals surface area contributed by atoms with Gasteiger partial charge in [0.05, 0.1) is 18.2 Å². The largest absolute Gasteiger partial charge is 0.493 e. The van der Waals surface area contributed by atoms with Crippen LogP contribution in [0.15, 0.2) is 54.6 Å². The Kier molecular flexibility index (Phi) is 5.87. The summed E-state index contributed by atoms with van der Waals surface area (Å²) in [5, 5.41) is 26.6. The maximum atomic E-state index is 12.6. The second-order valence-electron chi connectivity index (χ2n) is 5.92. The second-order valence-corrected chi connectivity index (χ2v) is 6.77. The molecule has 3 rings (SSSR count). The summed E-state index contributed by atoms with van der Waals surface area (Å²) in [6, 6.07) is 13.6. The number of para-hydroxylation sites is 1. The van der Waals surface area contributed by atoms with Crippen molar-refractivity contribution in [1.82, 2.24) is 15.1 Å². The number of aromatic hydroxyl groups is 1. The molecule has 0 aliphatic rings. The molecular formula is C19H15Cl2N3O4. The van der Waals surface area contributed by atoms with Gasteiger partial charge in [-0.15, -0.1) is 0 Å². The van der Waals surface area contributed by atoms with Crippen LogP contribution in [0.1, 0.15) is 28.5 Å². The Bertz CT molecular complexity index is 1020. The van der Waals surface area contributed by atoms with Gasteiger partial charge in [-0.25, -0.2) is 4.68 Å². The highest BCUT2D eigenvalue weighted by Gasteiger charge is 2.23. The van der Waals surface area contributed by atoms with Gasteiger partial charge in [0.25, 0.3) is 5.91 Å². The smallest absolute Gasteiger partial charge is 0.305 e. The Morgan fingerprint density at radius 2 is 1.82 bits per heavy atom. The Balaban J connectivity index is 1.88. The van der Waals surface area contributed by atoms with Crippen LogP contribution in [0.5, 0.6) is 5.88 Å². The van der Waals surface area contributed by atoms with Crippen molar-refractivity contribution in [3.05, 3.63) is 75.9 Å². The van der Waals surface area contributed by atoms with Gasteiger partial charge in [-0.3, -0.25) is 9.59 Å². The van der Waals surface area contributed by atoms with E-state index in [1.807, 2.05) is 6.07 Å². The van der Waals surface area contributed by atoms with Gasteiger partial charge in [-0.1, -0.05) is 41.4 Å². The second kappa shape index (κ2) is 8.33. The van der Waals surface area contributed by atoms with Crippen LogP contribution >= 0.6 is 23.2 Å². The Labute approximate surface area is 170 Å². The molecule has 3 aromatic rings. The Hall–Kier alpha value is -3.03. The zero-order chi connectivity index (χ0) is 20.3. The number of hydrogen-bond acceptors (Lipinski definition) is 4. The van der Waals surface area contributed by atoms with Gasteiger partial charge >= 0.3 is 5.97 Å². The molecular weight excluding hydrogens is 405 g/mol. The summed E-state index contributed by atoms with van der Waals surface area (Å²) in [4.78, 5) is 23.9. The third kappa shape index (κ3) is 4.44. The zero-order valence-electron chi connectivity index (χ0n) is 14.3. The van der Waals surface area contributed by atoms with Crippen LogP contribution in [0.2, 0.25) is 10.0 Å². The molecule has 0 spiro atoms. The van der Waals surface area contributed by atoms with Crippen molar-refractivity contribution < 1.29 is 19.8 Å². The molecule has 0 aliphatic heterocycles. The maximum absolute atomic E-state index is 12.6. The molecule has 0 saturated heterocycles. The number of halogens is 2. The number of amides is 1. The number of rotatable bonds is 6. The molecule has 0 saturated carbocycles. The van der Waals surface area contributed by atoms with Gasteiger partial charge in [0.15, 0.2) is 5.69 Å². The van der Waals surface area contributed by atoms with E-state index in [0.29, 0.717) is 16.3 Å². The molecule has 0 radical (unpaired) electrons. The summed E-state index contributed by atoms with van der Waals surface area (Å²) >= 11 is 12.1. The molecule has 28 heavy (non-hydrogen) atoms. The standard InChI is InChI=1S/C19H15Cl2N3O4/c20-11-6-7-14(21)13(8-11)15(10-18(26)27)22-19(28)16-9-17(25)24(23-16)12-4-2-1-3-5-12/h1-9,15,25H,10H2,(H,22,28)(H,26,27). The van der Waals surface area contributed by atoms with Gasteiger partial charge in [0.1, 0.15) is 0 Å². The van der Waals surface area contributed by atoms with Crippen LogP contribution in [-0.4, -0.2) is 31.9 Å². The number of carboxylic acid groups (broad SMARTS) is 1. The lowest BCUT2D eigenvalue weighted by atomic mass is 10.0. The summed E-state index contributed by atoms with van der Waals surface area (Å²) < 4.78 is 1.20. The minimum absolute atomic E-state index is 0.0742. The van der Waals surface area contributed by atoms with E-state index < -0.39 is 24.3 Å². The third-order valence-corrected chi connectivity index (χ3v) is 4.52. The highest BCUT2D eigenvalue weighted by molar-refractivity contribution is 6.33. The summed E-state index contributed by atoms with van der Waals surface area (Å²) in [6.45, 7) is 0. The maximum Gasteiger partial charge on any atom is 0.305 e. The number of aromatic nitrogens is 2. The van der Waals surface area contributed by atoms with Crippen LogP contribution in [0, 0.1) is 0 Å². The van der Waals surface area contributed by atoms with E-state index in [1.165, 1.54) is 22.9 Å². The first-order chi connectivity index (χ1) is 13.3. The molecule has 1 amide bonds. The molecule has 9 heteroatoms. The number of carbonyl (C=O) groups excluding carboxylic acids is 1. The van der Waals surface area contributed by atoms with Crippen molar-refractivity contribution in [2.24, 2.45) is 0 Å². The van der Waals surface area contributed by atoms with E-state index in [1.54, 1.807) is 30.3 Å². The minimum atomic E-state index is -1.13. The molecule has 0 bridgehead atoms. The molecule has 7 nitrogen and oxygen atoms in total. The van der Waals surface area contributed by atoms with Crippen LogP contribution in [-0.2, 0) is 4.79 Å². The van der Waals surface area contributed by atoms with Crippen molar-refractivity contribution in [2.45, 2.75) is 12.5 Å². The number of nitrogens with one attached hydrogen (secondary N) is 1. The Morgan fingerprint density at radius 3 is 2.50 bits per heavy atom. The van der Waals surface area contributed by atoms with Crippen molar-refractivity contribution >= 4 is 35.1 Å². The molecule has 1 unspecified atom stereocenters. The van der Waals surface area contributed by atoms with Gasteiger partial charge in [-0.2, -0.15) is 5.10 Å². The highest BCUT2D eigenvalue weighted by Crippen LogP contribution is 2.29. The van der Waals surface area contributed by atoms with E-state index >= 15 is 0 Å². The Morgan fingerprint density at radius 1 is 1.11 bits per heavy atom. The highest BCUT2D eigenvalue weighted by atomic mass is 35.5. The first-order valence-electron chi connectivity index (χ1n) is 8.17. The van der Waals surface area contributed by atoms with Crippen molar-refractivity contribution in [3.8, 4) is 11.6 Å². The number of benzene rings is 2. The van der Waals surface area contributed by atoms with Crippen LogP contribution in [0.25, 0.3) is 5.69 Å². The van der Waals surface area contributed by atoms with Gasteiger partial charge in [0, 0.05) is 16.1 Å². The molecule has 144 valence electrons. The predicted molar refractivity (Wildman–Crippen MR) is 104 cm³/mol. The van der Waals surface area contributed by atoms with E-state index in [2.05, 4.69) is 10.4 Å². The number of hydrogen-bond donors (Lipinski definition) is 3. The number of nitrogens with zero attached hydrogens (tertiary/aromatic N) is 2. The van der Waals surface area contributed by atoms with Crippen molar-refractivity contribution in [1.29, 1.82) is 0 Å².